The second-order valence-electron chi connectivity index (χ2n) is 7.50. The van der Waals surface area contributed by atoms with Gasteiger partial charge >= 0.3 is 0 Å². The lowest BCUT2D eigenvalue weighted by Crippen LogP contribution is -2.40. The van der Waals surface area contributed by atoms with Crippen molar-refractivity contribution in [2.45, 2.75) is 51.0 Å². The second kappa shape index (κ2) is 8.86. The predicted molar refractivity (Wildman–Crippen MR) is 105 cm³/mol. The average Bonchev–Trinajstić information content (AvgIpc) is 3.17. The fraction of sp³-hybridized carbons (Fsp3) is 0.524. The molecule has 2 atom stereocenters. The van der Waals surface area contributed by atoms with Crippen molar-refractivity contribution < 1.29 is 14.3 Å². The molecule has 0 aliphatic carbocycles. The maximum absolute atomic E-state index is 12.9. The van der Waals surface area contributed by atoms with E-state index >= 15 is 0 Å². The van der Waals surface area contributed by atoms with Crippen LogP contribution in [0.15, 0.2) is 30.3 Å². The van der Waals surface area contributed by atoms with Crippen LogP contribution in [0.4, 0.5) is 0 Å². The minimum atomic E-state index is -0.221. The minimum absolute atomic E-state index is 0.139. The lowest BCUT2D eigenvalue weighted by atomic mass is 10.0. The topological polar surface area (TPSA) is 88.3 Å². The Morgan fingerprint density at radius 1 is 1.29 bits per heavy atom. The average molecular weight is 384 g/mol. The van der Waals surface area contributed by atoms with Crippen LogP contribution in [0.25, 0.3) is 0 Å². The number of hydrogen-bond acceptors (Lipinski definition) is 5. The molecule has 2 unspecified atom stereocenters. The molecule has 2 aliphatic rings. The Morgan fingerprint density at radius 2 is 2.07 bits per heavy atom. The van der Waals surface area contributed by atoms with Crippen LogP contribution in [0, 0.1) is 0 Å². The number of nitrogens with one attached hydrogen (secondary N) is 3. The summed E-state index contributed by atoms with van der Waals surface area (Å²) in [6, 6.07) is 9.89. The molecule has 4 rings (SSSR count). The van der Waals surface area contributed by atoms with Gasteiger partial charge in [-0.25, -0.2) is 0 Å². The quantitative estimate of drug-likeness (QED) is 0.710. The van der Waals surface area contributed by atoms with Crippen LogP contribution in [-0.4, -0.2) is 48.0 Å². The van der Waals surface area contributed by atoms with Gasteiger partial charge in [-0.1, -0.05) is 30.3 Å². The zero-order valence-electron chi connectivity index (χ0n) is 16.2. The van der Waals surface area contributed by atoms with Gasteiger partial charge in [0.1, 0.15) is 6.10 Å². The number of fused-ring (bicyclic) bond motifs is 1. The number of carbonyl (C=O) groups is 1. The summed E-state index contributed by atoms with van der Waals surface area (Å²) >= 11 is 0. The van der Waals surface area contributed by atoms with Crippen molar-refractivity contribution in [1.29, 1.82) is 0 Å². The van der Waals surface area contributed by atoms with Gasteiger partial charge in [0, 0.05) is 44.0 Å². The van der Waals surface area contributed by atoms with Gasteiger partial charge in [-0.15, -0.1) is 0 Å². The number of aromatic amines is 1. The molecule has 0 spiro atoms. The van der Waals surface area contributed by atoms with Crippen LogP contribution in [0.2, 0.25) is 0 Å². The van der Waals surface area contributed by atoms with Crippen molar-refractivity contribution in [3.05, 3.63) is 52.8 Å². The fourth-order valence-corrected chi connectivity index (χ4v) is 3.91. The molecule has 28 heavy (non-hydrogen) atoms. The van der Waals surface area contributed by atoms with Gasteiger partial charge < -0.3 is 20.1 Å². The molecular formula is C21H28N4O3. The standard InChI is InChI=1S/C21H28N4O3/c1-14(23-21(26)19-17-13-22-10-7-18(17)24-25-19)20(15-5-3-2-4-6-15)28-16-8-11-27-12-9-16/h2-6,14,16,20,22H,7-13H2,1H3,(H,23,26)(H,24,25). The van der Waals surface area contributed by atoms with E-state index in [0.29, 0.717) is 12.2 Å². The highest BCUT2D eigenvalue weighted by Crippen LogP contribution is 2.27. The van der Waals surface area contributed by atoms with E-state index < -0.39 is 0 Å². The van der Waals surface area contributed by atoms with Crippen LogP contribution < -0.4 is 10.6 Å². The monoisotopic (exact) mass is 384 g/mol. The van der Waals surface area contributed by atoms with Crippen molar-refractivity contribution in [3.8, 4) is 0 Å². The molecule has 1 fully saturated rings. The van der Waals surface area contributed by atoms with Gasteiger partial charge in [-0.3, -0.25) is 9.89 Å². The van der Waals surface area contributed by atoms with E-state index in [0.717, 1.165) is 55.8 Å². The largest absolute Gasteiger partial charge is 0.381 e. The van der Waals surface area contributed by atoms with Crippen LogP contribution in [-0.2, 0) is 22.4 Å². The number of rotatable bonds is 6. The normalized spacial score (nSPS) is 19.6. The highest BCUT2D eigenvalue weighted by atomic mass is 16.5. The molecular weight excluding hydrogens is 356 g/mol. The summed E-state index contributed by atoms with van der Waals surface area (Å²) in [4.78, 5) is 12.9. The molecule has 1 saturated heterocycles. The summed E-state index contributed by atoms with van der Waals surface area (Å²) in [5.74, 6) is -0.162. The summed E-state index contributed by atoms with van der Waals surface area (Å²) in [5.41, 5.74) is 3.56. The molecule has 7 heteroatoms. The second-order valence-corrected chi connectivity index (χ2v) is 7.50. The third kappa shape index (κ3) is 4.27. The molecule has 2 aliphatic heterocycles. The molecule has 1 aromatic carbocycles. The van der Waals surface area contributed by atoms with Crippen LogP contribution in [0.1, 0.15) is 53.2 Å². The molecule has 1 aromatic heterocycles. The number of hydrogen-bond donors (Lipinski definition) is 3. The third-order valence-corrected chi connectivity index (χ3v) is 5.47. The molecule has 150 valence electrons. The molecule has 0 radical (unpaired) electrons. The van der Waals surface area contributed by atoms with E-state index in [4.69, 9.17) is 9.47 Å². The van der Waals surface area contributed by atoms with Gasteiger partial charge in [0.2, 0.25) is 0 Å². The first-order chi connectivity index (χ1) is 13.7. The number of amides is 1. The summed E-state index contributed by atoms with van der Waals surface area (Å²) < 4.78 is 11.9. The van der Waals surface area contributed by atoms with Gasteiger partial charge in [-0.05, 0) is 25.3 Å². The smallest absolute Gasteiger partial charge is 0.272 e. The molecule has 3 N–H and O–H groups in total. The van der Waals surface area contributed by atoms with Gasteiger partial charge in [0.05, 0.1) is 12.1 Å². The molecule has 3 heterocycles. The Hall–Kier alpha value is -2.22. The summed E-state index contributed by atoms with van der Waals surface area (Å²) in [6.07, 6.45) is 2.54. The maximum Gasteiger partial charge on any atom is 0.272 e. The number of ether oxygens (including phenoxy) is 2. The first-order valence-corrected chi connectivity index (χ1v) is 10.1. The molecule has 7 nitrogen and oxygen atoms in total. The Morgan fingerprint density at radius 3 is 2.86 bits per heavy atom. The van der Waals surface area contributed by atoms with Crippen molar-refractivity contribution >= 4 is 5.91 Å². The lowest BCUT2D eigenvalue weighted by molar-refractivity contribution is -0.0785. The Balaban J connectivity index is 1.49. The van der Waals surface area contributed by atoms with Gasteiger partial charge in [0.25, 0.3) is 5.91 Å². The number of nitrogens with zero attached hydrogens (tertiary/aromatic N) is 1. The Bertz CT molecular complexity index is 786. The molecule has 0 saturated carbocycles. The first-order valence-electron chi connectivity index (χ1n) is 10.1. The van der Waals surface area contributed by atoms with Crippen molar-refractivity contribution in [2.75, 3.05) is 19.8 Å². The fourth-order valence-electron chi connectivity index (χ4n) is 3.91. The van der Waals surface area contributed by atoms with Crippen molar-refractivity contribution in [1.82, 2.24) is 20.8 Å². The number of H-pyrrole nitrogens is 1. The Labute approximate surface area is 165 Å². The van der Waals surface area contributed by atoms with Gasteiger partial charge in [-0.2, -0.15) is 5.10 Å². The number of carbonyl (C=O) groups excluding carboxylic acids is 1. The van der Waals surface area contributed by atoms with Crippen LogP contribution in [0.5, 0.6) is 0 Å². The zero-order valence-corrected chi connectivity index (χ0v) is 16.2. The highest BCUT2D eigenvalue weighted by Gasteiger charge is 2.29. The maximum atomic E-state index is 12.9. The van der Waals surface area contributed by atoms with E-state index in [1.807, 2.05) is 37.3 Å². The summed E-state index contributed by atoms with van der Waals surface area (Å²) in [5, 5.41) is 13.7. The van der Waals surface area contributed by atoms with Crippen LogP contribution >= 0.6 is 0 Å². The van der Waals surface area contributed by atoms with E-state index in [2.05, 4.69) is 20.8 Å². The first kappa shape index (κ1) is 19.1. The molecule has 1 amide bonds. The summed E-state index contributed by atoms with van der Waals surface area (Å²) in [7, 11) is 0. The number of aromatic nitrogens is 2. The SMILES string of the molecule is CC(NC(=O)c1n[nH]c2c1CNCC2)C(OC1CCOCC1)c1ccccc1. The lowest BCUT2D eigenvalue weighted by Gasteiger charge is -2.31. The van der Waals surface area contributed by atoms with Crippen molar-refractivity contribution in [3.63, 3.8) is 0 Å². The van der Waals surface area contributed by atoms with E-state index in [1.54, 1.807) is 0 Å². The van der Waals surface area contributed by atoms with E-state index in [-0.39, 0.29) is 24.2 Å². The minimum Gasteiger partial charge on any atom is -0.381 e. The summed E-state index contributed by atoms with van der Waals surface area (Å²) in [6.45, 7) is 5.01. The van der Waals surface area contributed by atoms with Gasteiger partial charge in [0.15, 0.2) is 5.69 Å². The number of benzene rings is 1. The Kier molecular flexibility index (Phi) is 6.04. The molecule has 2 aromatic rings. The van der Waals surface area contributed by atoms with E-state index in [9.17, 15) is 4.79 Å². The molecule has 0 bridgehead atoms. The predicted octanol–water partition coefficient (Wildman–Crippen LogP) is 2.11. The highest BCUT2D eigenvalue weighted by molar-refractivity contribution is 5.94. The van der Waals surface area contributed by atoms with Crippen LogP contribution in [0.3, 0.4) is 0 Å². The van der Waals surface area contributed by atoms with Crippen molar-refractivity contribution in [2.24, 2.45) is 0 Å². The van der Waals surface area contributed by atoms with E-state index in [1.165, 1.54) is 0 Å². The zero-order chi connectivity index (χ0) is 19.3. The third-order valence-electron chi connectivity index (χ3n) is 5.47.